The molecule has 0 saturated carbocycles. The van der Waals surface area contributed by atoms with Crippen LogP contribution in [0.15, 0.2) is 18.2 Å². The van der Waals surface area contributed by atoms with E-state index in [-0.39, 0.29) is 0 Å². The van der Waals surface area contributed by atoms with Crippen molar-refractivity contribution in [2.24, 2.45) is 0 Å². The predicted molar refractivity (Wildman–Crippen MR) is 77.9 cm³/mol. The van der Waals surface area contributed by atoms with E-state index in [0.717, 1.165) is 12.8 Å². The molecule has 17 heavy (non-hydrogen) atoms. The lowest BCUT2D eigenvalue weighted by molar-refractivity contribution is 0.761. The summed E-state index contributed by atoms with van der Waals surface area (Å²) in [4.78, 5) is 0. The van der Waals surface area contributed by atoms with Crippen molar-refractivity contribution in [1.82, 2.24) is 0 Å². The van der Waals surface area contributed by atoms with Crippen LogP contribution in [0.2, 0.25) is 0 Å². The summed E-state index contributed by atoms with van der Waals surface area (Å²) in [6, 6.07) is 2.31. The third-order valence-electron chi connectivity index (χ3n) is 3.81. The maximum absolute atomic E-state index is 2.34. The van der Waals surface area contributed by atoms with E-state index in [1.807, 2.05) is 0 Å². The molecular formula is C17H26. The largest absolute Gasteiger partial charge is 0.0888 e. The molecule has 94 valence electrons. The molecule has 1 aromatic carbocycles. The van der Waals surface area contributed by atoms with Crippen LogP contribution in [0.4, 0.5) is 0 Å². The smallest absolute Gasteiger partial charge is 0.0150 e. The average molecular weight is 230 g/mol. The Hall–Kier alpha value is -1.04. The Morgan fingerprint density at radius 1 is 1.00 bits per heavy atom. The molecule has 0 spiro atoms. The fourth-order valence-corrected chi connectivity index (χ4v) is 2.57. The van der Waals surface area contributed by atoms with Gasteiger partial charge in [-0.25, -0.2) is 0 Å². The molecule has 0 N–H and O–H groups in total. The Morgan fingerprint density at radius 2 is 1.53 bits per heavy atom. The molecule has 1 atom stereocenters. The molecular weight excluding hydrogens is 204 g/mol. The zero-order chi connectivity index (χ0) is 13.0. The van der Waals surface area contributed by atoms with Crippen molar-refractivity contribution < 1.29 is 0 Å². The van der Waals surface area contributed by atoms with Crippen LogP contribution >= 0.6 is 0 Å². The van der Waals surface area contributed by atoms with Crippen molar-refractivity contribution in [2.75, 3.05) is 0 Å². The molecule has 0 nitrogen and oxygen atoms in total. The van der Waals surface area contributed by atoms with Gasteiger partial charge in [-0.2, -0.15) is 0 Å². The molecule has 0 aliphatic heterocycles. The summed E-state index contributed by atoms with van der Waals surface area (Å²) >= 11 is 0. The monoisotopic (exact) mass is 230 g/mol. The van der Waals surface area contributed by atoms with Gasteiger partial charge in [0.05, 0.1) is 0 Å². The second kappa shape index (κ2) is 6.05. The van der Waals surface area contributed by atoms with E-state index in [4.69, 9.17) is 0 Å². The first-order valence-corrected chi connectivity index (χ1v) is 6.71. The number of allylic oxidation sites excluding steroid dienone is 2. The molecule has 0 radical (unpaired) electrons. The summed E-state index contributed by atoms with van der Waals surface area (Å²) < 4.78 is 0. The van der Waals surface area contributed by atoms with Gasteiger partial charge in [0.25, 0.3) is 0 Å². The zero-order valence-electron chi connectivity index (χ0n) is 12.2. The molecule has 1 rings (SSSR count). The van der Waals surface area contributed by atoms with Gasteiger partial charge in [-0.05, 0) is 74.3 Å². The van der Waals surface area contributed by atoms with Crippen molar-refractivity contribution in [3.63, 3.8) is 0 Å². The third kappa shape index (κ3) is 3.21. The van der Waals surface area contributed by atoms with Crippen LogP contribution in [0.3, 0.4) is 0 Å². The number of rotatable bonds is 4. The van der Waals surface area contributed by atoms with Crippen molar-refractivity contribution in [3.05, 3.63) is 46.0 Å². The molecule has 0 aromatic heterocycles. The summed E-state index contributed by atoms with van der Waals surface area (Å²) in [6.45, 7) is 13.5. The number of aryl methyl sites for hydroxylation is 2. The van der Waals surface area contributed by atoms with Crippen LogP contribution in [0.5, 0.6) is 0 Å². The summed E-state index contributed by atoms with van der Waals surface area (Å²) in [5, 5.41) is 0. The molecule has 1 unspecified atom stereocenters. The number of benzene rings is 1. The van der Waals surface area contributed by atoms with E-state index in [9.17, 15) is 0 Å². The summed E-state index contributed by atoms with van der Waals surface area (Å²) in [7, 11) is 0. The lowest BCUT2D eigenvalue weighted by atomic mass is 9.85. The topological polar surface area (TPSA) is 0 Å². The van der Waals surface area contributed by atoms with Crippen molar-refractivity contribution in [1.29, 1.82) is 0 Å². The second-order valence-electron chi connectivity index (χ2n) is 5.19. The van der Waals surface area contributed by atoms with E-state index in [1.165, 1.54) is 22.3 Å². The highest BCUT2D eigenvalue weighted by Crippen LogP contribution is 2.30. The Bertz CT molecular complexity index is 384. The Labute approximate surface area is 107 Å². The summed E-state index contributed by atoms with van der Waals surface area (Å²) in [6.07, 6.45) is 6.88. The quantitative estimate of drug-likeness (QED) is 0.609. The van der Waals surface area contributed by atoms with E-state index >= 15 is 0 Å². The van der Waals surface area contributed by atoms with Crippen molar-refractivity contribution >= 4 is 0 Å². The van der Waals surface area contributed by atoms with Gasteiger partial charge in [0, 0.05) is 0 Å². The normalized spacial score (nSPS) is 13.3. The molecule has 0 fully saturated rings. The minimum absolute atomic E-state index is 0.622. The number of hydrogen-bond donors (Lipinski definition) is 0. The van der Waals surface area contributed by atoms with Gasteiger partial charge in [0.2, 0.25) is 0 Å². The first-order chi connectivity index (χ1) is 7.99. The highest BCUT2D eigenvalue weighted by atomic mass is 14.2. The third-order valence-corrected chi connectivity index (χ3v) is 3.81. The molecule has 1 aromatic rings. The van der Waals surface area contributed by atoms with Gasteiger partial charge in [-0.15, -0.1) is 0 Å². The highest BCUT2D eigenvalue weighted by molar-refractivity contribution is 5.45. The predicted octanol–water partition coefficient (Wildman–Crippen LogP) is 5.38. The second-order valence-corrected chi connectivity index (χ2v) is 5.19. The van der Waals surface area contributed by atoms with E-state index in [0.29, 0.717) is 5.92 Å². The minimum Gasteiger partial charge on any atom is -0.0888 e. The Morgan fingerprint density at radius 3 is 2.00 bits per heavy atom. The van der Waals surface area contributed by atoms with Crippen LogP contribution in [0, 0.1) is 27.7 Å². The molecule has 0 heterocycles. The first-order valence-electron chi connectivity index (χ1n) is 6.71. The minimum atomic E-state index is 0.622. The van der Waals surface area contributed by atoms with Crippen molar-refractivity contribution in [3.8, 4) is 0 Å². The van der Waals surface area contributed by atoms with Crippen LogP contribution in [0.25, 0.3) is 0 Å². The van der Waals surface area contributed by atoms with E-state index < -0.39 is 0 Å². The molecule has 0 aliphatic carbocycles. The zero-order valence-corrected chi connectivity index (χ0v) is 12.2. The Balaban J connectivity index is 3.08. The van der Waals surface area contributed by atoms with Gasteiger partial charge in [-0.3, -0.25) is 0 Å². The molecule has 0 amide bonds. The van der Waals surface area contributed by atoms with Crippen LogP contribution in [0.1, 0.15) is 60.4 Å². The summed E-state index contributed by atoms with van der Waals surface area (Å²) in [5.74, 6) is 0.622. The Kier molecular flexibility index (Phi) is 4.99. The number of hydrogen-bond acceptors (Lipinski definition) is 0. The lowest BCUT2D eigenvalue weighted by Crippen LogP contribution is -2.03. The van der Waals surface area contributed by atoms with Gasteiger partial charge >= 0.3 is 0 Å². The van der Waals surface area contributed by atoms with Crippen LogP contribution < -0.4 is 0 Å². The van der Waals surface area contributed by atoms with Crippen LogP contribution in [-0.4, -0.2) is 0 Å². The lowest BCUT2D eigenvalue weighted by Gasteiger charge is -2.20. The first kappa shape index (κ1) is 14.0. The molecule has 0 aliphatic rings. The van der Waals surface area contributed by atoms with Gasteiger partial charge in [0.15, 0.2) is 0 Å². The maximum atomic E-state index is 2.34. The fourth-order valence-electron chi connectivity index (χ4n) is 2.57. The van der Waals surface area contributed by atoms with E-state index in [1.54, 1.807) is 5.56 Å². The van der Waals surface area contributed by atoms with Gasteiger partial charge in [-0.1, -0.05) is 32.1 Å². The molecule has 0 bridgehead atoms. The fraction of sp³-hybridized carbons (Fsp3) is 0.529. The van der Waals surface area contributed by atoms with Crippen LogP contribution in [-0.2, 0) is 0 Å². The molecule has 0 saturated heterocycles. The SMILES string of the molecule is CC/C=C\CC(C)c1c(C)c(C)cc(C)c1C. The molecule has 0 heteroatoms. The standard InChI is InChI=1S/C17H26/c1-7-8-9-10-12(2)17-15(5)13(3)11-14(4)16(17)6/h8-9,11-12H,7,10H2,1-6H3/b9-8-. The maximum Gasteiger partial charge on any atom is -0.0150 e. The average Bonchev–Trinajstić information content (AvgIpc) is 2.27. The van der Waals surface area contributed by atoms with E-state index in [2.05, 4.69) is 59.8 Å². The van der Waals surface area contributed by atoms with Gasteiger partial charge < -0.3 is 0 Å². The van der Waals surface area contributed by atoms with Crippen molar-refractivity contribution in [2.45, 2.75) is 60.3 Å². The highest BCUT2D eigenvalue weighted by Gasteiger charge is 2.13. The van der Waals surface area contributed by atoms with Gasteiger partial charge in [0.1, 0.15) is 0 Å². The summed E-state index contributed by atoms with van der Waals surface area (Å²) in [5.41, 5.74) is 7.36.